The maximum absolute atomic E-state index is 12.8. The summed E-state index contributed by atoms with van der Waals surface area (Å²) in [5.74, 6) is 0.475. The number of nitrogens with one attached hydrogen (secondary N) is 1. The Hall–Kier alpha value is -0.940. The van der Waals surface area contributed by atoms with Gasteiger partial charge in [0.1, 0.15) is 0 Å². The minimum absolute atomic E-state index is 0.130. The van der Waals surface area contributed by atoms with Crippen LogP contribution < -0.4 is 10.2 Å². The predicted octanol–water partition coefficient (Wildman–Crippen LogP) is 3.79. The summed E-state index contributed by atoms with van der Waals surface area (Å²) in [4.78, 5) is 1.98. The molecule has 6 heteroatoms. The third-order valence-electron chi connectivity index (χ3n) is 3.54. The second-order valence-electron chi connectivity index (χ2n) is 5.10. The van der Waals surface area contributed by atoms with Gasteiger partial charge in [-0.2, -0.15) is 13.2 Å². The normalized spacial score (nSPS) is 19.6. The van der Waals surface area contributed by atoms with Gasteiger partial charge in [0.15, 0.2) is 0 Å². The number of halogens is 4. The van der Waals surface area contributed by atoms with Crippen LogP contribution >= 0.6 is 11.6 Å². The maximum atomic E-state index is 12.8. The molecule has 0 aliphatic carbocycles. The average Bonchev–Trinajstić information content (AvgIpc) is 2.83. The fraction of sp³-hybridized carbons (Fsp3) is 0.571. The summed E-state index contributed by atoms with van der Waals surface area (Å²) in [6, 6.07) is 3.76. The molecule has 1 unspecified atom stereocenters. The summed E-state index contributed by atoms with van der Waals surface area (Å²) in [6.45, 7) is 5.39. The molecule has 0 radical (unpaired) electrons. The molecule has 0 amide bonds. The molecule has 1 heterocycles. The Kier molecular flexibility index (Phi) is 4.81. The Labute approximate surface area is 121 Å². The van der Waals surface area contributed by atoms with E-state index in [2.05, 4.69) is 5.32 Å². The van der Waals surface area contributed by atoms with E-state index in [9.17, 15) is 13.2 Å². The van der Waals surface area contributed by atoms with Crippen molar-refractivity contribution >= 4 is 17.3 Å². The summed E-state index contributed by atoms with van der Waals surface area (Å²) in [6.07, 6.45) is -3.37. The van der Waals surface area contributed by atoms with Gasteiger partial charge in [-0.05, 0) is 43.6 Å². The molecule has 1 aromatic rings. The van der Waals surface area contributed by atoms with Gasteiger partial charge in [0, 0.05) is 23.8 Å². The van der Waals surface area contributed by atoms with Crippen molar-refractivity contribution in [1.29, 1.82) is 0 Å². The minimum atomic E-state index is -4.36. The van der Waals surface area contributed by atoms with E-state index in [0.29, 0.717) is 11.6 Å². The zero-order chi connectivity index (χ0) is 14.8. The molecule has 2 rings (SSSR count). The van der Waals surface area contributed by atoms with Crippen LogP contribution in [0, 0.1) is 5.92 Å². The summed E-state index contributed by atoms with van der Waals surface area (Å²) in [7, 11) is 0. The average molecular weight is 307 g/mol. The second kappa shape index (κ2) is 6.22. The molecule has 1 atom stereocenters. The zero-order valence-electron chi connectivity index (χ0n) is 11.3. The third-order valence-corrected chi connectivity index (χ3v) is 3.76. The van der Waals surface area contributed by atoms with E-state index in [4.69, 9.17) is 11.6 Å². The van der Waals surface area contributed by atoms with E-state index in [1.165, 1.54) is 6.07 Å². The van der Waals surface area contributed by atoms with Crippen molar-refractivity contribution in [2.75, 3.05) is 31.1 Å². The summed E-state index contributed by atoms with van der Waals surface area (Å²) >= 11 is 5.82. The molecule has 1 saturated heterocycles. The highest BCUT2D eigenvalue weighted by molar-refractivity contribution is 6.30. The number of anilines is 1. The monoisotopic (exact) mass is 306 g/mol. The molecule has 1 N–H and O–H groups in total. The lowest BCUT2D eigenvalue weighted by atomic mass is 10.1. The number of benzene rings is 1. The molecule has 0 aromatic heterocycles. The topological polar surface area (TPSA) is 15.3 Å². The van der Waals surface area contributed by atoms with Crippen molar-refractivity contribution in [2.45, 2.75) is 19.5 Å². The van der Waals surface area contributed by atoms with Gasteiger partial charge in [0.2, 0.25) is 0 Å². The van der Waals surface area contributed by atoms with Crippen LogP contribution in [0.2, 0.25) is 5.02 Å². The molecule has 112 valence electrons. The summed E-state index contributed by atoms with van der Waals surface area (Å²) < 4.78 is 38.4. The van der Waals surface area contributed by atoms with Crippen LogP contribution in [-0.4, -0.2) is 26.2 Å². The number of hydrogen-bond donors (Lipinski definition) is 1. The van der Waals surface area contributed by atoms with E-state index in [1.54, 1.807) is 6.07 Å². The van der Waals surface area contributed by atoms with Gasteiger partial charge in [-0.1, -0.05) is 18.5 Å². The smallest absolute Gasteiger partial charge is 0.371 e. The standard InChI is InChI=1S/C14H18ClF3N2/c1-2-19-8-10-3-4-20(9-10)13-6-11(14(16,17)18)5-12(15)7-13/h5-7,10,19H,2-4,8-9H2,1H3. The predicted molar refractivity (Wildman–Crippen MR) is 75.3 cm³/mol. The maximum Gasteiger partial charge on any atom is 0.416 e. The van der Waals surface area contributed by atoms with Crippen LogP contribution in [0.25, 0.3) is 0 Å². The van der Waals surface area contributed by atoms with Gasteiger partial charge in [0.05, 0.1) is 5.56 Å². The first kappa shape index (κ1) is 15.4. The third kappa shape index (κ3) is 3.79. The molecule has 1 aliphatic heterocycles. The Balaban J connectivity index is 2.12. The van der Waals surface area contributed by atoms with Gasteiger partial charge in [0.25, 0.3) is 0 Å². The van der Waals surface area contributed by atoms with Crippen molar-refractivity contribution in [3.63, 3.8) is 0 Å². The zero-order valence-corrected chi connectivity index (χ0v) is 12.1. The molecule has 1 fully saturated rings. The first-order valence-corrected chi connectivity index (χ1v) is 7.11. The van der Waals surface area contributed by atoms with Gasteiger partial charge < -0.3 is 10.2 Å². The highest BCUT2D eigenvalue weighted by Gasteiger charge is 2.32. The molecule has 0 saturated carbocycles. The lowest BCUT2D eigenvalue weighted by Gasteiger charge is -2.20. The molecule has 1 aliphatic rings. The van der Waals surface area contributed by atoms with E-state index in [1.807, 2.05) is 11.8 Å². The van der Waals surface area contributed by atoms with Crippen molar-refractivity contribution < 1.29 is 13.2 Å². The first-order chi connectivity index (χ1) is 9.40. The molecular formula is C14H18ClF3N2. The van der Waals surface area contributed by atoms with Gasteiger partial charge in [-0.3, -0.25) is 0 Å². The highest BCUT2D eigenvalue weighted by Crippen LogP contribution is 2.35. The molecule has 0 spiro atoms. The van der Waals surface area contributed by atoms with Crippen LogP contribution in [0.15, 0.2) is 18.2 Å². The van der Waals surface area contributed by atoms with Crippen LogP contribution in [0.5, 0.6) is 0 Å². The first-order valence-electron chi connectivity index (χ1n) is 6.73. The SMILES string of the molecule is CCNCC1CCN(c2cc(Cl)cc(C(F)(F)F)c2)C1. The summed E-state index contributed by atoms with van der Waals surface area (Å²) in [5, 5.41) is 3.41. The number of hydrogen-bond acceptors (Lipinski definition) is 2. The molecule has 0 bridgehead atoms. The quantitative estimate of drug-likeness (QED) is 0.910. The second-order valence-corrected chi connectivity index (χ2v) is 5.54. The number of alkyl halides is 3. The van der Waals surface area contributed by atoms with Gasteiger partial charge in [-0.25, -0.2) is 0 Å². The van der Waals surface area contributed by atoms with Crippen molar-refractivity contribution in [3.8, 4) is 0 Å². The van der Waals surface area contributed by atoms with Crippen molar-refractivity contribution in [1.82, 2.24) is 5.32 Å². The van der Waals surface area contributed by atoms with Crippen molar-refractivity contribution in [2.24, 2.45) is 5.92 Å². The van der Waals surface area contributed by atoms with Crippen LogP contribution in [-0.2, 0) is 6.18 Å². The molecular weight excluding hydrogens is 289 g/mol. The minimum Gasteiger partial charge on any atom is -0.371 e. The van der Waals surface area contributed by atoms with Gasteiger partial charge >= 0.3 is 6.18 Å². The fourth-order valence-electron chi connectivity index (χ4n) is 2.50. The van der Waals surface area contributed by atoms with Crippen molar-refractivity contribution in [3.05, 3.63) is 28.8 Å². The van der Waals surface area contributed by atoms with Crippen LogP contribution in [0.4, 0.5) is 18.9 Å². The number of rotatable bonds is 4. The van der Waals surface area contributed by atoms with Gasteiger partial charge in [-0.15, -0.1) is 0 Å². The van der Waals surface area contributed by atoms with Crippen LogP contribution in [0.1, 0.15) is 18.9 Å². The lowest BCUT2D eigenvalue weighted by Crippen LogP contribution is -2.26. The Bertz CT molecular complexity index is 462. The molecule has 20 heavy (non-hydrogen) atoms. The van der Waals surface area contributed by atoms with E-state index in [-0.39, 0.29) is 5.02 Å². The van der Waals surface area contributed by atoms with E-state index >= 15 is 0 Å². The summed E-state index contributed by atoms with van der Waals surface area (Å²) in [5.41, 5.74) is -0.126. The molecule has 2 nitrogen and oxygen atoms in total. The van der Waals surface area contributed by atoms with Crippen LogP contribution in [0.3, 0.4) is 0 Å². The Morgan fingerprint density at radius 2 is 2.10 bits per heavy atom. The Morgan fingerprint density at radius 3 is 2.75 bits per heavy atom. The number of nitrogens with zero attached hydrogens (tertiary/aromatic N) is 1. The lowest BCUT2D eigenvalue weighted by molar-refractivity contribution is -0.137. The van der Waals surface area contributed by atoms with E-state index < -0.39 is 11.7 Å². The Morgan fingerprint density at radius 1 is 1.35 bits per heavy atom. The molecule has 1 aromatic carbocycles. The largest absolute Gasteiger partial charge is 0.416 e. The highest BCUT2D eigenvalue weighted by atomic mass is 35.5. The fourth-order valence-corrected chi connectivity index (χ4v) is 2.73. The van der Waals surface area contributed by atoms with E-state index in [0.717, 1.165) is 38.7 Å².